The second-order valence-electron chi connectivity index (χ2n) is 12.0. The summed E-state index contributed by atoms with van der Waals surface area (Å²) in [5.41, 5.74) is 4.04. The van der Waals surface area contributed by atoms with Crippen molar-refractivity contribution in [3.63, 3.8) is 0 Å². The van der Waals surface area contributed by atoms with Crippen molar-refractivity contribution in [2.75, 3.05) is 30.8 Å². The predicted octanol–water partition coefficient (Wildman–Crippen LogP) is 6.50. The fourth-order valence-electron chi connectivity index (χ4n) is 6.08. The first-order valence-electron chi connectivity index (χ1n) is 14.5. The smallest absolute Gasteiger partial charge is 0.229 e. The molecule has 4 heterocycles. The third kappa shape index (κ3) is 5.55. The molecule has 3 aromatic heterocycles. The maximum atomic E-state index is 16.3. The number of pyridine rings is 2. The van der Waals surface area contributed by atoms with Crippen LogP contribution in [0.4, 0.5) is 15.9 Å². The van der Waals surface area contributed by atoms with Gasteiger partial charge in [0.25, 0.3) is 0 Å². The summed E-state index contributed by atoms with van der Waals surface area (Å²) >= 11 is 6.12. The molecule has 1 amide bonds. The first-order chi connectivity index (χ1) is 19.8. The van der Waals surface area contributed by atoms with Gasteiger partial charge in [0.1, 0.15) is 17.1 Å². The van der Waals surface area contributed by atoms with Crippen LogP contribution in [0.3, 0.4) is 0 Å². The molecular formula is C32H34ClFN6O. The number of anilines is 2. The van der Waals surface area contributed by atoms with Crippen LogP contribution in [0, 0.1) is 5.92 Å². The standard InChI is InChI=1S/C32H34ClFN6O/c1-39-11-8-32(34,9-12-39)28-14-22(20-5-6-20)18-40-19-25(37-30(28)40)17-36-24-7-10-35-29(15-24)38-31(41)27-16-26(27)21-3-2-4-23(33)13-21/h2-4,7,10,13-15,18-20,26-27H,5-6,8-9,11-12,16-17H2,1H3,(H2,35,36,38,41). The summed E-state index contributed by atoms with van der Waals surface area (Å²) in [5.74, 6) is 1.10. The number of alkyl halides is 1. The topological polar surface area (TPSA) is 74.6 Å². The van der Waals surface area contributed by atoms with Crippen LogP contribution >= 0.6 is 11.6 Å². The minimum Gasteiger partial charge on any atom is -0.379 e. The van der Waals surface area contributed by atoms with E-state index in [0.29, 0.717) is 41.8 Å². The SMILES string of the molecule is CN1CCC(F)(c2cc(C3CC3)cn3cc(CNc4ccnc(NC(=O)C5CC5c5cccc(Cl)c5)c4)nc23)CC1. The van der Waals surface area contributed by atoms with Crippen molar-refractivity contribution in [2.24, 2.45) is 5.92 Å². The summed E-state index contributed by atoms with van der Waals surface area (Å²) in [6.07, 6.45) is 9.91. The maximum Gasteiger partial charge on any atom is 0.229 e. The molecular weight excluding hydrogens is 539 g/mol. The number of likely N-dealkylation sites (tertiary alicyclic amines) is 1. The molecule has 0 spiro atoms. The van der Waals surface area contributed by atoms with Crippen LogP contribution < -0.4 is 10.6 Å². The van der Waals surface area contributed by atoms with Gasteiger partial charge in [0.2, 0.25) is 5.91 Å². The molecule has 2 unspecified atom stereocenters. The molecule has 3 fully saturated rings. The quantitative estimate of drug-likeness (QED) is 0.252. The lowest BCUT2D eigenvalue weighted by Gasteiger charge is -2.35. The van der Waals surface area contributed by atoms with Crippen molar-refractivity contribution in [1.82, 2.24) is 19.3 Å². The number of piperidine rings is 1. The van der Waals surface area contributed by atoms with Crippen molar-refractivity contribution in [2.45, 2.75) is 56.2 Å². The average molecular weight is 573 g/mol. The molecule has 1 aliphatic heterocycles. The first-order valence-corrected chi connectivity index (χ1v) is 14.9. The molecule has 4 aromatic rings. The molecule has 7 rings (SSSR count). The molecule has 1 aromatic carbocycles. The van der Waals surface area contributed by atoms with Crippen LogP contribution in [0.25, 0.3) is 5.65 Å². The number of imidazole rings is 1. The van der Waals surface area contributed by atoms with Gasteiger partial charge in [0.15, 0.2) is 0 Å². The zero-order valence-electron chi connectivity index (χ0n) is 23.1. The average Bonchev–Trinajstić information content (AvgIpc) is 3.90. The van der Waals surface area contributed by atoms with E-state index in [1.807, 2.05) is 47.0 Å². The number of nitrogens with zero attached hydrogens (tertiary/aromatic N) is 4. The number of carbonyl (C=O) groups is 1. The molecule has 7 nitrogen and oxygen atoms in total. The Bertz CT molecular complexity index is 1610. The number of halogens is 2. The highest BCUT2D eigenvalue weighted by molar-refractivity contribution is 6.30. The third-order valence-corrected chi connectivity index (χ3v) is 9.06. The molecule has 1 saturated heterocycles. The Morgan fingerprint density at radius 2 is 1.95 bits per heavy atom. The lowest BCUT2D eigenvalue weighted by Crippen LogP contribution is -2.38. The van der Waals surface area contributed by atoms with Gasteiger partial charge in [-0.2, -0.15) is 0 Å². The van der Waals surface area contributed by atoms with Gasteiger partial charge in [0, 0.05) is 59.9 Å². The fraction of sp³-hybridized carbons (Fsp3) is 0.406. The molecule has 2 N–H and O–H groups in total. The number of hydrogen-bond acceptors (Lipinski definition) is 5. The molecule has 0 radical (unpaired) electrons. The Morgan fingerprint density at radius 1 is 1.12 bits per heavy atom. The summed E-state index contributed by atoms with van der Waals surface area (Å²) in [5, 5.41) is 7.05. The number of benzene rings is 1. The van der Waals surface area contributed by atoms with E-state index in [2.05, 4.69) is 39.8 Å². The summed E-state index contributed by atoms with van der Waals surface area (Å²) < 4.78 is 18.4. The number of hydrogen-bond donors (Lipinski definition) is 2. The normalized spacial score (nSPS) is 22.0. The van der Waals surface area contributed by atoms with E-state index >= 15 is 4.39 Å². The highest BCUT2D eigenvalue weighted by Gasteiger charge is 2.44. The Morgan fingerprint density at radius 3 is 2.73 bits per heavy atom. The highest BCUT2D eigenvalue weighted by atomic mass is 35.5. The molecule has 2 saturated carbocycles. The lowest BCUT2D eigenvalue weighted by atomic mass is 9.86. The first kappa shape index (κ1) is 26.4. The van der Waals surface area contributed by atoms with Crippen LogP contribution in [0.2, 0.25) is 5.02 Å². The molecule has 41 heavy (non-hydrogen) atoms. The van der Waals surface area contributed by atoms with Crippen molar-refractivity contribution >= 4 is 34.7 Å². The zero-order valence-corrected chi connectivity index (χ0v) is 23.9. The molecule has 2 aliphatic carbocycles. The van der Waals surface area contributed by atoms with Crippen molar-refractivity contribution in [1.29, 1.82) is 0 Å². The van der Waals surface area contributed by atoms with Gasteiger partial charge in [0.05, 0.1) is 12.2 Å². The molecule has 212 valence electrons. The third-order valence-electron chi connectivity index (χ3n) is 8.82. The van der Waals surface area contributed by atoms with E-state index in [0.717, 1.165) is 42.0 Å². The van der Waals surface area contributed by atoms with Gasteiger partial charge in [-0.1, -0.05) is 23.7 Å². The van der Waals surface area contributed by atoms with Gasteiger partial charge in [-0.25, -0.2) is 14.4 Å². The zero-order chi connectivity index (χ0) is 28.1. The van der Waals surface area contributed by atoms with Crippen LogP contribution in [-0.4, -0.2) is 45.3 Å². The number of carbonyl (C=O) groups excluding carboxylic acids is 1. The second-order valence-corrected chi connectivity index (χ2v) is 12.4. The van der Waals surface area contributed by atoms with Gasteiger partial charge >= 0.3 is 0 Å². The van der Waals surface area contributed by atoms with E-state index in [4.69, 9.17) is 16.6 Å². The van der Waals surface area contributed by atoms with Gasteiger partial charge < -0.3 is 19.9 Å². The fourth-order valence-corrected chi connectivity index (χ4v) is 6.28. The highest BCUT2D eigenvalue weighted by Crippen LogP contribution is 2.48. The maximum absolute atomic E-state index is 16.3. The molecule has 3 aliphatic rings. The Kier molecular flexibility index (Phi) is 6.70. The largest absolute Gasteiger partial charge is 0.379 e. The predicted molar refractivity (Wildman–Crippen MR) is 159 cm³/mol. The van der Waals surface area contributed by atoms with E-state index in [-0.39, 0.29) is 17.7 Å². The number of amides is 1. The van der Waals surface area contributed by atoms with Crippen LogP contribution in [-0.2, 0) is 17.0 Å². The Balaban J connectivity index is 1.04. The van der Waals surface area contributed by atoms with E-state index in [1.54, 1.807) is 6.20 Å². The molecule has 9 heteroatoms. The number of rotatable bonds is 8. The number of fused-ring (bicyclic) bond motifs is 1. The summed E-state index contributed by atoms with van der Waals surface area (Å²) in [6, 6.07) is 13.5. The Hall–Kier alpha value is -3.49. The van der Waals surface area contributed by atoms with Gasteiger partial charge in [-0.15, -0.1) is 0 Å². The van der Waals surface area contributed by atoms with Crippen molar-refractivity contribution in [3.8, 4) is 0 Å². The number of nitrogens with one attached hydrogen (secondary N) is 2. The second kappa shape index (κ2) is 10.4. The van der Waals surface area contributed by atoms with Crippen molar-refractivity contribution in [3.05, 3.63) is 88.5 Å². The summed E-state index contributed by atoms with van der Waals surface area (Å²) in [7, 11) is 2.05. The minimum absolute atomic E-state index is 0.0342. The van der Waals surface area contributed by atoms with Gasteiger partial charge in [-0.3, -0.25) is 4.79 Å². The monoisotopic (exact) mass is 572 g/mol. The van der Waals surface area contributed by atoms with Crippen LogP contribution in [0.5, 0.6) is 0 Å². The Labute approximate surface area is 244 Å². The van der Waals surface area contributed by atoms with Gasteiger partial charge in [-0.05, 0) is 86.4 Å². The van der Waals surface area contributed by atoms with Crippen LogP contribution in [0.15, 0.2) is 61.1 Å². The molecule has 0 bridgehead atoms. The summed E-state index contributed by atoms with van der Waals surface area (Å²) in [4.78, 5) is 24.3. The summed E-state index contributed by atoms with van der Waals surface area (Å²) in [6.45, 7) is 1.96. The van der Waals surface area contributed by atoms with E-state index in [9.17, 15) is 4.79 Å². The van der Waals surface area contributed by atoms with E-state index < -0.39 is 5.67 Å². The van der Waals surface area contributed by atoms with Crippen LogP contribution in [0.1, 0.15) is 66.3 Å². The minimum atomic E-state index is -1.36. The van der Waals surface area contributed by atoms with Crippen molar-refractivity contribution < 1.29 is 9.18 Å². The van der Waals surface area contributed by atoms with E-state index in [1.165, 1.54) is 18.4 Å². The lowest BCUT2D eigenvalue weighted by molar-refractivity contribution is -0.117. The molecule has 2 atom stereocenters. The number of aromatic nitrogens is 3.